The molecule has 0 amide bonds. The van der Waals surface area contributed by atoms with E-state index >= 15 is 0 Å². The van der Waals surface area contributed by atoms with Crippen molar-refractivity contribution in [3.05, 3.63) is 47.5 Å². The second kappa shape index (κ2) is 9.60. The molecule has 2 aromatic carbocycles. The van der Waals surface area contributed by atoms with Gasteiger partial charge in [-0.2, -0.15) is 0 Å². The van der Waals surface area contributed by atoms with Crippen molar-refractivity contribution in [2.45, 2.75) is 29.5 Å². The van der Waals surface area contributed by atoms with E-state index in [1.165, 1.54) is 0 Å². The third-order valence-electron chi connectivity index (χ3n) is 4.14. The number of hydrogen-bond donors (Lipinski definition) is 0. The maximum atomic E-state index is 5.94. The first-order chi connectivity index (χ1) is 12.7. The summed E-state index contributed by atoms with van der Waals surface area (Å²) >= 11 is 9.30. The highest BCUT2D eigenvalue weighted by molar-refractivity contribution is 8.01. The molecule has 138 valence electrons. The lowest BCUT2D eigenvalue weighted by atomic mass is 10.3. The summed E-state index contributed by atoms with van der Waals surface area (Å²) in [6, 6.07) is 14.0. The molecule has 3 nitrogen and oxygen atoms in total. The van der Waals surface area contributed by atoms with E-state index in [1.54, 1.807) is 23.1 Å². The summed E-state index contributed by atoms with van der Waals surface area (Å²) in [6.07, 6.45) is 1.04. The fraction of sp³-hybridized carbons (Fsp3) is 0.350. The highest BCUT2D eigenvalue weighted by Crippen LogP contribution is 2.36. The molecule has 0 unspecified atom stereocenters. The van der Waals surface area contributed by atoms with Crippen LogP contribution in [0.2, 0.25) is 5.02 Å². The Bertz CT molecular complexity index is 831. The van der Waals surface area contributed by atoms with E-state index < -0.39 is 0 Å². The van der Waals surface area contributed by atoms with Crippen LogP contribution in [0.15, 0.2) is 51.7 Å². The van der Waals surface area contributed by atoms with E-state index in [9.17, 15) is 0 Å². The van der Waals surface area contributed by atoms with Crippen molar-refractivity contribution in [3.8, 4) is 5.75 Å². The second-order valence-electron chi connectivity index (χ2n) is 5.89. The number of benzene rings is 2. The Labute approximate surface area is 168 Å². The lowest BCUT2D eigenvalue weighted by Crippen LogP contribution is -2.25. The predicted molar refractivity (Wildman–Crippen MR) is 113 cm³/mol. The van der Waals surface area contributed by atoms with Gasteiger partial charge in [-0.15, -0.1) is 11.3 Å². The predicted octanol–water partition coefficient (Wildman–Crippen LogP) is 6.21. The Balaban J connectivity index is 1.59. The normalized spacial score (nSPS) is 11.4. The molecular formula is C20H23ClN2OS2. The van der Waals surface area contributed by atoms with Crippen molar-refractivity contribution < 1.29 is 4.74 Å². The van der Waals surface area contributed by atoms with Gasteiger partial charge in [0.25, 0.3) is 0 Å². The van der Waals surface area contributed by atoms with Crippen LogP contribution in [0.4, 0.5) is 0 Å². The van der Waals surface area contributed by atoms with Gasteiger partial charge in [-0.25, -0.2) is 4.98 Å². The fourth-order valence-corrected chi connectivity index (χ4v) is 4.83. The maximum Gasteiger partial charge on any atom is 0.155 e. The lowest BCUT2D eigenvalue weighted by Gasteiger charge is -2.17. The smallest absolute Gasteiger partial charge is 0.155 e. The minimum absolute atomic E-state index is 0.743. The molecule has 0 radical (unpaired) electrons. The van der Waals surface area contributed by atoms with Crippen molar-refractivity contribution in [1.29, 1.82) is 0 Å². The van der Waals surface area contributed by atoms with Crippen LogP contribution in [0.5, 0.6) is 5.75 Å². The fourth-order valence-electron chi connectivity index (χ4n) is 2.64. The van der Waals surface area contributed by atoms with E-state index in [0.717, 1.165) is 62.9 Å². The average molecular weight is 407 g/mol. The van der Waals surface area contributed by atoms with Crippen molar-refractivity contribution in [2.75, 3.05) is 26.2 Å². The molecule has 1 aromatic heterocycles. The molecule has 3 rings (SSSR count). The summed E-state index contributed by atoms with van der Waals surface area (Å²) in [5.74, 6) is 0.920. The first-order valence-corrected chi connectivity index (χ1v) is 10.9. The van der Waals surface area contributed by atoms with E-state index in [0.29, 0.717) is 0 Å². The van der Waals surface area contributed by atoms with Gasteiger partial charge in [0.1, 0.15) is 5.75 Å². The zero-order chi connectivity index (χ0) is 18.4. The summed E-state index contributed by atoms with van der Waals surface area (Å²) in [7, 11) is 0. The Hall–Kier alpha value is -1.27. The number of rotatable bonds is 9. The van der Waals surface area contributed by atoms with E-state index in [2.05, 4.69) is 24.8 Å². The number of halogens is 1. The van der Waals surface area contributed by atoms with Crippen LogP contribution in [-0.4, -0.2) is 36.1 Å². The van der Waals surface area contributed by atoms with Crippen LogP contribution < -0.4 is 4.74 Å². The van der Waals surface area contributed by atoms with Gasteiger partial charge in [0.05, 0.1) is 16.8 Å². The SMILES string of the molecule is CCN(CC)CCCOc1ccc2nc(Sc3ccc(Cl)cc3)sc2c1. The minimum atomic E-state index is 0.743. The topological polar surface area (TPSA) is 25.4 Å². The molecule has 26 heavy (non-hydrogen) atoms. The van der Waals surface area contributed by atoms with Gasteiger partial charge in [-0.1, -0.05) is 37.2 Å². The van der Waals surface area contributed by atoms with Gasteiger partial charge in [-0.3, -0.25) is 0 Å². The number of fused-ring (bicyclic) bond motifs is 1. The lowest BCUT2D eigenvalue weighted by molar-refractivity contribution is 0.249. The van der Waals surface area contributed by atoms with E-state index in [4.69, 9.17) is 21.3 Å². The molecule has 0 fully saturated rings. The number of hydrogen-bond acceptors (Lipinski definition) is 5. The average Bonchev–Trinajstić information content (AvgIpc) is 3.05. The second-order valence-corrected chi connectivity index (χ2v) is 8.68. The molecule has 0 aliphatic heterocycles. The van der Waals surface area contributed by atoms with E-state index in [-0.39, 0.29) is 0 Å². The molecule has 0 spiro atoms. The molecule has 0 bridgehead atoms. The van der Waals surface area contributed by atoms with Crippen LogP contribution in [-0.2, 0) is 0 Å². The highest BCUT2D eigenvalue weighted by atomic mass is 35.5. The summed E-state index contributed by atoms with van der Waals surface area (Å²) in [4.78, 5) is 8.25. The molecule has 3 aromatic rings. The molecule has 0 aliphatic rings. The monoisotopic (exact) mass is 406 g/mol. The Morgan fingerprint density at radius 2 is 1.88 bits per heavy atom. The number of thiazole rings is 1. The number of nitrogens with zero attached hydrogens (tertiary/aromatic N) is 2. The van der Waals surface area contributed by atoms with Gasteiger partial charge < -0.3 is 9.64 Å². The van der Waals surface area contributed by atoms with Gasteiger partial charge >= 0.3 is 0 Å². The Kier molecular flexibility index (Phi) is 7.20. The van der Waals surface area contributed by atoms with Gasteiger partial charge in [0, 0.05) is 16.5 Å². The zero-order valence-electron chi connectivity index (χ0n) is 15.1. The van der Waals surface area contributed by atoms with Crippen molar-refractivity contribution in [2.24, 2.45) is 0 Å². The van der Waals surface area contributed by atoms with Crippen LogP contribution in [0.3, 0.4) is 0 Å². The molecule has 0 saturated heterocycles. The molecule has 1 heterocycles. The third kappa shape index (κ3) is 5.36. The zero-order valence-corrected chi connectivity index (χ0v) is 17.5. The molecular weight excluding hydrogens is 384 g/mol. The Morgan fingerprint density at radius 3 is 2.62 bits per heavy atom. The largest absolute Gasteiger partial charge is 0.493 e. The highest BCUT2D eigenvalue weighted by Gasteiger charge is 2.07. The summed E-state index contributed by atoms with van der Waals surface area (Å²) in [5.41, 5.74) is 1.02. The summed E-state index contributed by atoms with van der Waals surface area (Å²) in [5, 5.41) is 0.751. The molecule has 0 atom stereocenters. The van der Waals surface area contributed by atoms with Crippen molar-refractivity contribution >= 4 is 44.9 Å². The van der Waals surface area contributed by atoms with Crippen LogP contribution in [0, 0.1) is 0 Å². The van der Waals surface area contributed by atoms with Gasteiger partial charge in [0.15, 0.2) is 4.34 Å². The maximum absolute atomic E-state index is 5.94. The summed E-state index contributed by atoms with van der Waals surface area (Å²) < 4.78 is 8.11. The third-order valence-corrected chi connectivity index (χ3v) is 6.48. The van der Waals surface area contributed by atoms with Crippen molar-refractivity contribution in [3.63, 3.8) is 0 Å². The van der Waals surface area contributed by atoms with Crippen molar-refractivity contribution in [1.82, 2.24) is 9.88 Å². The standard InChI is InChI=1S/C20H23ClN2OS2/c1-3-23(4-2)12-5-13-24-16-8-11-18-19(14-16)26-20(22-18)25-17-9-6-15(21)7-10-17/h6-11,14H,3-5,12-13H2,1-2H3. The molecule has 0 aliphatic carbocycles. The van der Waals surface area contributed by atoms with Gasteiger partial charge in [-0.05, 0) is 62.0 Å². The number of aromatic nitrogens is 1. The van der Waals surface area contributed by atoms with E-state index in [1.807, 2.05) is 36.4 Å². The minimum Gasteiger partial charge on any atom is -0.493 e. The quantitative estimate of drug-likeness (QED) is 0.394. The van der Waals surface area contributed by atoms with Crippen LogP contribution >= 0.6 is 34.7 Å². The first kappa shape index (κ1) is 19.5. The molecule has 0 saturated carbocycles. The van der Waals surface area contributed by atoms with Crippen LogP contribution in [0.1, 0.15) is 20.3 Å². The number of ether oxygens (including phenoxy) is 1. The molecule has 0 N–H and O–H groups in total. The summed E-state index contributed by atoms with van der Waals surface area (Å²) in [6.45, 7) is 8.41. The molecule has 6 heteroatoms. The van der Waals surface area contributed by atoms with Crippen LogP contribution in [0.25, 0.3) is 10.2 Å². The van der Waals surface area contributed by atoms with Gasteiger partial charge in [0.2, 0.25) is 0 Å². The Morgan fingerprint density at radius 1 is 1.12 bits per heavy atom. The first-order valence-electron chi connectivity index (χ1n) is 8.87.